The van der Waals surface area contributed by atoms with Crippen LogP contribution < -0.4 is 5.32 Å². The normalized spacial score (nSPS) is 40.0. The van der Waals surface area contributed by atoms with Crippen molar-refractivity contribution in [1.29, 1.82) is 0 Å². The Morgan fingerprint density at radius 3 is 2.00 bits per heavy atom. The summed E-state index contributed by atoms with van der Waals surface area (Å²) >= 11 is 0. The Morgan fingerprint density at radius 2 is 1.57 bits per heavy atom. The number of carbonyl (C=O) groups is 3. The number of hydrogen-bond donors (Lipinski definition) is 2. The molecule has 0 aromatic heterocycles. The first-order valence-corrected chi connectivity index (χ1v) is 11.0. The third-order valence-corrected chi connectivity index (χ3v) is 8.09. The molecule has 3 atom stereocenters. The fourth-order valence-corrected chi connectivity index (χ4v) is 6.96. The van der Waals surface area contributed by atoms with E-state index in [0.717, 1.165) is 19.3 Å². The lowest BCUT2D eigenvalue weighted by Crippen LogP contribution is -2.59. The van der Waals surface area contributed by atoms with Gasteiger partial charge < -0.3 is 15.3 Å². The van der Waals surface area contributed by atoms with Crippen molar-refractivity contribution in [2.24, 2.45) is 35.0 Å². The van der Waals surface area contributed by atoms with Crippen LogP contribution in [0, 0.1) is 35.0 Å². The molecule has 1 heterocycles. The molecule has 5 rings (SSSR count). The lowest BCUT2D eigenvalue weighted by Gasteiger charge is -2.56. The van der Waals surface area contributed by atoms with E-state index in [2.05, 4.69) is 5.32 Å². The number of hydrogen-bond acceptors (Lipinski definition) is 3. The van der Waals surface area contributed by atoms with Crippen molar-refractivity contribution in [3.8, 4) is 0 Å². The molecule has 0 spiro atoms. The molecule has 2 amide bonds. The van der Waals surface area contributed by atoms with E-state index in [-0.39, 0.29) is 29.2 Å². The van der Waals surface area contributed by atoms with Gasteiger partial charge in [0.15, 0.2) is 0 Å². The van der Waals surface area contributed by atoms with Crippen molar-refractivity contribution < 1.29 is 19.5 Å². The Labute approximate surface area is 167 Å². The smallest absolute Gasteiger partial charge is 0.308 e. The molecule has 6 heteroatoms. The Hall–Kier alpha value is -1.59. The van der Waals surface area contributed by atoms with Crippen LogP contribution in [0.3, 0.4) is 0 Å². The summed E-state index contributed by atoms with van der Waals surface area (Å²) in [5.74, 6) is 0.601. The minimum Gasteiger partial charge on any atom is -0.481 e. The Morgan fingerprint density at radius 1 is 1.04 bits per heavy atom. The van der Waals surface area contributed by atoms with Gasteiger partial charge in [-0.2, -0.15) is 0 Å². The van der Waals surface area contributed by atoms with Crippen LogP contribution in [0.2, 0.25) is 0 Å². The summed E-state index contributed by atoms with van der Waals surface area (Å²) in [6.07, 6.45) is 7.25. The molecule has 4 bridgehead atoms. The van der Waals surface area contributed by atoms with Crippen molar-refractivity contribution in [3.05, 3.63) is 0 Å². The van der Waals surface area contributed by atoms with Crippen LogP contribution >= 0.6 is 0 Å². The molecule has 156 valence electrons. The molecule has 28 heavy (non-hydrogen) atoms. The van der Waals surface area contributed by atoms with Gasteiger partial charge in [0.05, 0.1) is 5.92 Å². The summed E-state index contributed by atoms with van der Waals surface area (Å²) in [6, 6.07) is -0.904. The second-order valence-corrected chi connectivity index (χ2v) is 10.4. The first-order chi connectivity index (χ1) is 13.2. The van der Waals surface area contributed by atoms with Gasteiger partial charge in [-0.25, -0.2) is 0 Å². The van der Waals surface area contributed by atoms with Gasteiger partial charge in [0, 0.05) is 18.0 Å². The predicted octanol–water partition coefficient (Wildman–Crippen LogP) is 2.67. The fourth-order valence-electron chi connectivity index (χ4n) is 6.96. The number of amides is 2. The molecule has 6 nitrogen and oxygen atoms in total. The number of carboxylic acid groups (broad SMARTS) is 1. The molecular formula is C22H34N2O4. The first kappa shape index (κ1) is 19.7. The van der Waals surface area contributed by atoms with E-state index in [1.165, 1.54) is 19.3 Å². The average Bonchev–Trinajstić information content (AvgIpc) is 2.99. The van der Waals surface area contributed by atoms with Crippen molar-refractivity contribution in [2.75, 3.05) is 6.54 Å². The first-order valence-electron chi connectivity index (χ1n) is 11.0. The van der Waals surface area contributed by atoms with Gasteiger partial charge in [-0.15, -0.1) is 0 Å². The molecule has 0 aromatic carbocycles. The lowest BCUT2D eigenvalue weighted by molar-refractivity contribution is -0.151. The van der Waals surface area contributed by atoms with Gasteiger partial charge >= 0.3 is 5.97 Å². The van der Waals surface area contributed by atoms with E-state index >= 15 is 0 Å². The van der Waals surface area contributed by atoms with Crippen molar-refractivity contribution in [3.63, 3.8) is 0 Å². The summed E-state index contributed by atoms with van der Waals surface area (Å²) in [4.78, 5) is 39.7. The number of carbonyl (C=O) groups excluding carboxylic acids is 2. The quantitative estimate of drug-likeness (QED) is 0.756. The highest BCUT2D eigenvalue weighted by Gasteiger charge is 2.55. The molecular weight excluding hydrogens is 356 g/mol. The second kappa shape index (κ2) is 7.03. The van der Waals surface area contributed by atoms with E-state index < -0.39 is 17.9 Å². The number of nitrogens with one attached hydrogen (secondary N) is 1. The number of carboxylic acids is 1. The molecule has 1 saturated heterocycles. The number of nitrogens with zero attached hydrogens (tertiary/aromatic N) is 1. The summed E-state index contributed by atoms with van der Waals surface area (Å²) < 4.78 is 0. The van der Waals surface area contributed by atoms with Crippen LogP contribution in [0.25, 0.3) is 0 Å². The second-order valence-electron chi connectivity index (χ2n) is 10.4. The minimum absolute atomic E-state index is 0.0264. The molecule has 5 fully saturated rings. The summed E-state index contributed by atoms with van der Waals surface area (Å²) in [5.41, 5.74) is -0.275. The van der Waals surface area contributed by atoms with Crippen LogP contribution in [0.4, 0.5) is 0 Å². The number of likely N-dealkylation sites (tertiary alicyclic amines) is 1. The Kier molecular flexibility index (Phi) is 4.95. The molecule has 2 N–H and O–H groups in total. The zero-order valence-electron chi connectivity index (χ0n) is 17.3. The Bertz CT molecular complexity index is 638. The largest absolute Gasteiger partial charge is 0.481 e. The van der Waals surface area contributed by atoms with Crippen LogP contribution in [0.1, 0.15) is 65.7 Å². The van der Waals surface area contributed by atoms with Gasteiger partial charge in [0.2, 0.25) is 11.8 Å². The van der Waals surface area contributed by atoms with E-state index in [4.69, 9.17) is 0 Å². The third kappa shape index (κ3) is 3.22. The summed E-state index contributed by atoms with van der Waals surface area (Å²) in [5, 5.41) is 12.5. The molecule has 0 aromatic rings. The van der Waals surface area contributed by atoms with Crippen LogP contribution in [-0.2, 0) is 14.4 Å². The fraction of sp³-hybridized carbons (Fsp3) is 0.864. The topological polar surface area (TPSA) is 86.7 Å². The molecule has 5 aliphatic rings. The van der Waals surface area contributed by atoms with Gasteiger partial charge in [-0.3, -0.25) is 14.4 Å². The average molecular weight is 391 g/mol. The lowest BCUT2D eigenvalue weighted by atomic mass is 9.49. The van der Waals surface area contributed by atoms with Gasteiger partial charge in [-0.1, -0.05) is 13.8 Å². The van der Waals surface area contributed by atoms with Gasteiger partial charge in [-0.05, 0) is 75.5 Å². The standard InChI is InChI=1S/C22H34N2O4/c1-12(2)18(19(25)24-5-4-17(13(24)3)20(26)27)23-21(28)22-9-14-6-15(10-22)8-16(7-14)11-22/h12-18H,4-11H2,1-3H3,(H,23,28)(H,26,27). The SMILES string of the molecule is CC(C)C(NC(=O)C12CC3CC(CC(C3)C1)C2)C(=O)N1CCC(C(=O)O)C1C. The highest BCUT2D eigenvalue weighted by Crippen LogP contribution is 2.60. The minimum atomic E-state index is -0.846. The van der Waals surface area contributed by atoms with Gasteiger partial charge in [0.25, 0.3) is 0 Å². The van der Waals surface area contributed by atoms with Crippen molar-refractivity contribution in [1.82, 2.24) is 10.2 Å². The molecule has 4 aliphatic carbocycles. The summed E-state index contributed by atoms with van der Waals surface area (Å²) in [7, 11) is 0. The maximum atomic E-state index is 13.4. The number of rotatable bonds is 5. The highest BCUT2D eigenvalue weighted by molar-refractivity contribution is 5.91. The van der Waals surface area contributed by atoms with Crippen LogP contribution in [-0.4, -0.2) is 46.4 Å². The van der Waals surface area contributed by atoms with Crippen molar-refractivity contribution in [2.45, 2.75) is 77.8 Å². The van der Waals surface area contributed by atoms with Crippen molar-refractivity contribution >= 4 is 17.8 Å². The van der Waals surface area contributed by atoms with Gasteiger partial charge in [0.1, 0.15) is 6.04 Å². The maximum Gasteiger partial charge on any atom is 0.308 e. The number of aliphatic carboxylic acids is 1. The zero-order valence-corrected chi connectivity index (χ0v) is 17.3. The molecule has 4 saturated carbocycles. The monoisotopic (exact) mass is 390 g/mol. The third-order valence-electron chi connectivity index (χ3n) is 8.09. The molecule has 1 aliphatic heterocycles. The highest BCUT2D eigenvalue weighted by atomic mass is 16.4. The Balaban J connectivity index is 1.48. The van der Waals surface area contributed by atoms with Crippen LogP contribution in [0.5, 0.6) is 0 Å². The maximum absolute atomic E-state index is 13.4. The zero-order chi connectivity index (χ0) is 20.2. The van der Waals surface area contributed by atoms with E-state index in [1.807, 2.05) is 20.8 Å². The van der Waals surface area contributed by atoms with Crippen LogP contribution in [0.15, 0.2) is 0 Å². The summed E-state index contributed by atoms with van der Waals surface area (Å²) in [6.45, 7) is 6.17. The molecule has 3 unspecified atom stereocenters. The predicted molar refractivity (Wildman–Crippen MR) is 104 cm³/mol. The van der Waals surface area contributed by atoms with E-state index in [9.17, 15) is 19.5 Å². The van der Waals surface area contributed by atoms with E-state index in [1.54, 1.807) is 4.90 Å². The van der Waals surface area contributed by atoms with E-state index in [0.29, 0.717) is 30.7 Å². The molecule has 0 radical (unpaired) electrons.